The maximum Gasteiger partial charge on any atom is 0.0681 e. The molecule has 0 saturated heterocycles. The summed E-state index contributed by atoms with van der Waals surface area (Å²) in [5, 5.41) is 8.71. The van der Waals surface area contributed by atoms with Crippen molar-refractivity contribution in [3.05, 3.63) is 35.4 Å². The van der Waals surface area contributed by atoms with Crippen molar-refractivity contribution in [3.8, 4) is 0 Å². The van der Waals surface area contributed by atoms with Crippen LogP contribution in [0.15, 0.2) is 24.3 Å². The molecule has 0 saturated carbocycles. The van der Waals surface area contributed by atoms with Gasteiger partial charge in [0, 0.05) is 5.88 Å². The van der Waals surface area contributed by atoms with Crippen molar-refractivity contribution >= 4 is 11.6 Å². The molecular formula is C8H9ClO. The Morgan fingerprint density at radius 3 is 2.60 bits per heavy atom. The molecule has 0 amide bonds. The third-order valence-corrected chi connectivity index (χ3v) is 1.64. The van der Waals surface area contributed by atoms with Crippen LogP contribution in [0, 0.1) is 0 Å². The number of hydrogen-bond acceptors (Lipinski definition) is 1. The van der Waals surface area contributed by atoms with E-state index in [1.54, 1.807) is 0 Å². The van der Waals surface area contributed by atoms with Crippen LogP contribution in [0.5, 0.6) is 0 Å². The highest BCUT2D eigenvalue weighted by molar-refractivity contribution is 6.17. The van der Waals surface area contributed by atoms with Gasteiger partial charge in [-0.3, -0.25) is 0 Å². The maximum atomic E-state index is 8.71. The number of aliphatic hydroxyl groups excluding tert-OH is 1. The van der Waals surface area contributed by atoms with E-state index in [1.807, 2.05) is 24.3 Å². The minimum Gasteiger partial charge on any atom is -0.392 e. The van der Waals surface area contributed by atoms with Crippen molar-refractivity contribution in [3.63, 3.8) is 0 Å². The fourth-order valence-corrected chi connectivity index (χ4v) is 0.977. The van der Waals surface area contributed by atoms with Crippen LogP contribution in [0.1, 0.15) is 11.1 Å². The number of hydrogen-bond donors (Lipinski definition) is 1. The minimum absolute atomic E-state index is 0.0880. The summed E-state index contributed by atoms with van der Waals surface area (Å²) in [6, 6.07) is 7.60. The van der Waals surface area contributed by atoms with Crippen LogP contribution in [0.4, 0.5) is 0 Å². The van der Waals surface area contributed by atoms with E-state index in [0.717, 1.165) is 11.1 Å². The first kappa shape index (κ1) is 7.58. The Morgan fingerprint density at radius 1 is 1.30 bits per heavy atom. The fraction of sp³-hybridized carbons (Fsp3) is 0.250. The number of alkyl halides is 1. The average Bonchev–Trinajstić information content (AvgIpc) is 2.05. The zero-order valence-corrected chi connectivity index (χ0v) is 6.30. The minimum atomic E-state index is 0.0880. The van der Waals surface area contributed by atoms with E-state index in [0.29, 0.717) is 5.88 Å². The van der Waals surface area contributed by atoms with Gasteiger partial charge >= 0.3 is 0 Å². The number of rotatable bonds is 2. The van der Waals surface area contributed by atoms with Crippen molar-refractivity contribution in [2.75, 3.05) is 0 Å². The highest BCUT2D eigenvalue weighted by Crippen LogP contribution is 2.06. The summed E-state index contributed by atoms with van der Waals surface area (Å²) in [5.74, 6) is 0.508. The standard InChI is InChI=1S/C8H9ClO/c9-5-7-2-1-3-8(4-7)6-10/h1-4,10H,5-6H2. The van der Waals surface area contributed by atoms with Gasteiger partial charge < -0.3 is 5.11 Å². The largest absolute Gasteiger partial charge is 0.392 e. The van der Waals surface area contributed by atoms with E-state index in [-0.39, 0.29) is 6.61 Å². The van der Waals surface area contributed by atoms with Crippen LogP contribution < -0.4 is 0 Å². The molecule has 0 heterocycles. The first-order valence-corrected chi connectivity index (χ1v) is 3.65. The van der Waals surface area contributed by atoms with E-state index >= 15 is 0 Å². The van der Waals surface area contributed by atoms with Crippen LogP contribution in [0.3, 0.4) is 0 Å². The monoisotopic (exact) mass is 156 g/mol. The number of benzene rings is 1. The highest BCUT2D eigenvalue weighted by Gasteiger charge is 1.91. The lowest BCUT2D eigenvalue weighted by Crippen LogP contribution is -1.84. The smallest absolute Gasteiger partial charge is 0.0681 e. The maximum absolute atomic E-state index is 8.71. The Balaban J connectivity index is 2.87. The molecule has 1 aromatic carbocycles. The summed E-state index contributed by atoms with van der Waals surface area (Å²) in [4.78, 5) is 0. The van der Waals surface area contributed by atoms with Crippen molar-refractivity contribution in [2.24, 2.45) is 0 Å². The Kier molecular flexibility index (Phi) is 2.72. The highest BCUT2D eigenvalue weighted by atomic mass is 35.5. The van der Waals surface area contributed by atoms with Crippen molar-refractivity contribution in [2.45, 2.75) is 12.5 Å². The second-order valence-electron chi connectivity index (χ2n) is 2.11. The van der Waals surface area contributed by atoms with E-state index < -0.39 is 0 Å². The lowest BCUT2D eigenvalue weighted by molar-refractivity contribution is 0.282. The molecule has 1 N–H and O–H groups in total. The topological polar surface area (TPSA) is 20.2 Å². The molecule has 0 aromatic heterocycles. The van der Waals surface area contributed by atoms with Gasteiger partial charge in [-0.15, -0.1) is 11.6 Å². The molecule has 0 aliphatic heterocycles. The number of aliphatic hydroxyl groups is 1. The SMILES string of the molecule is OCc1cccc(CCl)c1. The van der Waals surface area contributed by atoms with E-state index in [9.17, 15) is 0 Å². The van der Waals surface area contributed by atoms with Crippen molar-refractivity contribution in [1.29, 1.82) is 0 Å². The molecule has 54 valence electrons. The predicted octanol–water partition coefficient (Wildman–Crippen LogP) is 1.92. The predicted molar refractivity (Wildman–Crippen MR) is 41.9 cm³/mol. The molecule has 2 heteroatoms. The summed E-state index contributed by atoms with van der Waals surface area (Å²) in [6.07, 6.45) is 0. The second kappa shape index (κ2) is 3.59. The van der Waals surface area contributed by atoms with Crippen LogP contribution >= 0.6 is 11.6 Å². The van der Waals surface area contributed by atoms with Gasteiger partial charge in [-0.2, -0.15) is 0 Å². The first-order chi connectivity index (χ1) is 4.86. The van der Waals surface area contributed by atoms with Gasteiger partial charge in [-0.25, -0.2) is 0 Å². The third-order valence-electron chi connectivity index (χ3n) is 1.33. The van der Waals surface area contributed by atoms with E-state index in [2.05, 4.69) is 0 Å². The van der Waals surface area contributed by atoms with Crippen LogP contribution in [0.2, 0.25) is 0 Å². The first-order valence-electron chi connectivity index (χ1n) is 3.11. The molecule has 0 bridgehead atoms. The molecule has 0 atom stereocenters. The summed E-state index contributed by atoms with van der Waals surface area (Å²) < 4.78 is 0. The van der Waals surface area contributed by atoms with Gasteiger partial charge in [0.25, 0.3) is 0 Å². The molecule has 0 spiro atoms. The van der Waals surface area contributed by atoms with Crippen LogP contribution in [-0.2, 0) is 12.5 Å². The molecule has 0 aliphatic carbocycles. The summed E-state index contributed by atoms with van der Waals surface area (Å²) in [6.45, 7) is 0.0880. The van der Waals surface area contributed by atoms with Gasteiger partial charge in [-0.05, 0) is 11.1 Å². The zero-order chi connectivity index (χ0) is 7.40. The third kappa shape index (κ3) is 1.72. The van der Waals surface area contributed by atoms with Crippen LogP contribution in [0.25, 0.3) is 0 Å². The van der Waals surface area contributed by atoms with Crippen molar-refractivity contribution in [1.82, 2.24) is 0 Å². The molecule has 0 aliphatic rings. The van der Waals surface area contributed by atoms with Gasteiger partial charge in [0.05, 0.1) is 6.61 Å². The molecule has 1 nitrogen and oxygen atoms in total. The fourth-order valence-electron chi connectivity index (χ4n) is 0.811. The Bertz CT molecular complexity index is 191. The average molecular weight is 157 g/mol. The second-order valence-corrected chi connectivity index (χ2v) is 2.38. The summed E-state index contributed by atoms with van der Waals surface area (Å²) in [7, 11) is 0. The van der Waals surface area contributed by atoms with Crippen molar-refractivity contribution < 1.29 is 5.11 Å². The normalized spacial score (nSPS) is 9.80. The van der Waals surface area contributed by atoms with Gasteiger partial charge in [0.2, 0.25) is 0 Å². The molecule has 1 aromatic rings. The molecule has 0 radical (unpaired) electrons. The Morgan fingerprint density at radius 2 is 2.00 bits per heavy atom. The van der Waals surface area contributed by atoms with Gasteiger partial charge in [-0.1, -0.05) is 24.3 Å². The lowest BCUT2D eigenvalue weighted by Gasteiger charge is -1.97. The molecule has 0 unspecified atom stereocenters. The quantitative estimate of drug-likeness (QED) is 0.649. The van der Waals surface area contributed by atoms with Gasteiger partial charge in [0.15, 0.2) is 0 Å². The molecule has 0 fully saturated rings. The number of halogens is 1. The van der Waals surface area contributed by atoms with Gasteiger partial charge in [0.1, 0.15) is 0 Å². The summed E-state index contributed by atoms with van der Waals surface area (Å²) >= 11 is 5.57. The molecule has 1 rings (SSSR count). The lowest BCUT2D eigenvalue weighted by atomic mass is 10.1. The molecular weight excluding hydrogens is 148 g/mol. The summed E-state index contributed by atoms with van der Waals surface area (Å²) in [5.41, 5.74) is 1.96. The van der Waals surface area contributed by atoms with E-state index in [1.165, 1.54) is 0 Å². The van der Waals surface area contributed by atoms with E-state index in [4.69, 9.17) is 16.7 Å². The molecule has 10 heavy (non-hydrogen) atoms. The Hall–Kier alpha value is -0.530. The zero-order valence-electron chi connectivity index (χ0n) is 5.55. The van der Waals surface area contributed by atoms with Crippen LogP contribution in [-0.4, -0.2) is 5.11 Å². The Labute approximate surface area is 65.3 Å².